The van der Waals surface area contributed by atoms with Gasteiger partial charge in [0.15, 0.2) is 0 Å². The van der Waals surface area contributed by atoms with E-state index in [1.807, 2.05) is 10.9 Å². The second-order valence-corrected chi connectivity index (χ2v) is 5.78. The maximum absolute atomic E-state index is 5.73. The molecular formula is C14H15IN2O. The van der Waals surface area contributed by atoms with Crippen LogP contribution >= 0.6 is 22.6 Å². The predicted octanol–water partition coefficient (Wildman–Crippen LogP) is 3.85. The Kier molecular flexibility index (Phi) is 3.65. The Bertz CT molecular complexity index is 515. The molecule has 0 spiro atoms. The highest BCUT2D eigenvalue weighted by Gasteiger charge is 2.16. The fourth-order valence-corrected chi connectivity index (χ4v) is 2.58. The molecule has 3 rings (SSSR count). The van der Waals surface area contributed by atoms with E-state index in [4.69, 9.17) is 4.74 Å². The molecule has 0 aliphatic carbocycles. The summed E-state index contributed by atoms with van der Waals surface area (Å²) >= 11 is 2.32. The molecule has 18 heavy (non-hydrogen) atoms. The molecule has 1 saturated heterocycles. The van der Waals surface area contributed by atoms with E-state index in [9.17, 15) is 0 Å². The van der Waals surface area contributed by atoms with Gasteiger partial charge in [-0.15, -0.1) is 0 Å². The first-order valence-corrected chi connectivity index (χ1v) is 7.32. The van der Waals surface area contributed by atoms with Crippen LogP contribution in [0.2, 0.25) is 0 Å². The van der Waals surface area contributed by atoms with Crippen molar-refractivity contribution >= 4 is 22.6 Å². The summed E-state index contributed by atoms with van der Waals surface area (Å²) in [5, 5.41) is 4.43. The molecule has 1 aromatic heterocycles. The summed E-state index contributed by atoms with van der Waals surface area (Å²) in [5.74, 6) is 0. The van der Waals surface area contributed by atoms with Crippen LogP contribution in [0.5, 0.6) is 0 Å². The van der Waals surface area contributed by atoms with Gasteiger partial charge in [0.25, 0.3) is 0 Å². The van der Waals surface area contributed by atoms with Crippen LogP contribution in [-0.2, 0) is 4.74 Å². The van der Waals surface area contributed by atoms with Crippen molar-refractivity contribution in [2.24, 2.45) is 0 Å². The van der Waals surface area contributed by atoms with Gasteiger partial charge in [0.2, 0.25) is 0 Å². The SMILES string of the molecule is Ic1ccc(-c2cnn(C3CCCCO3)c2)cc1. The summed E-state index contributed by atoms with van der Waals surface area (Å²) in [6, 6.07) is 8.49. The van der Waals surface area contributed by atoms with Crippen LogP contribution in [0.3, 0.4) is 0 Å². The molecule has 1 aliphatic rings. The zero-order valence-electron chi connectivity index (χ0n) is 10.1. The molecule has 2 aromatic rings. The standard InChI is InChI=1S/C14H15IN2O/c15-13-6-4-11(5-7-13)12-9-16-17(10-12)14-3-1-2-8-18-14/h4-7,9-10,14H,1-3,8H2. The molecule has 1 aliphatic heterocycles. The zero-order chi connectivity index (χ0) is 12.4. The molecule has 3 nitrogen and oxygen atoms in total. The maximum Gasteiger partial charge on any atom is 0.150 e. The van der Waals surface area contributed by atoms with Crippen molar-refractivity contribution in [3.63, 3.8) is 0 Å². The van der Waals surface area contributed by atoms with Crippen molar-refractivity contribution in [3.8, 4) is 11.1 Å². The smallest absolute Gasteiger partial charge is 0.150 e. The molecule has 94 valence electrons. The first-order valence-electron chi connectivity index (χ1n) is 6.24. The van der Waals surface area contributed by atoms with Crippen LogP contribution in [0.15, 0.2) is 36.7 Å². The first-order chi connectivity index (χ1) is 8.83. The van der Waals surface area contributed by atoms with Crippen molar-refractivity contribution in [1.29, 1.82) is 0 Å². The zero-order valence-corrected chi connectivity index (χ0v) is 12.2. The molecule has 1 fully saturated rings. The lowest BCUT2D eigenvalue weighted by molar-refractivity contribution is -0.0394. The van der Waals surface area contributed by atoms with Crippen LogP contribution in [0.25, 0.3) is 11.1 Å². The summed E-state index contributed by atoms with van der Waals surface area (Å²) in [6.07, 6.45) is 7.58. The van der Waals surface area contributed by atoms with Gasteiger partial charge in [0.1, 0.15) is 6.23 Å². The number of rotatable bonds is 2. The van der Waals surface area contributed by atoms with Crippen LogP contribution in [0.4, 0.5) is 0 Å². The lowest BCUT2D eigenvalue weighted by Crippen LogP contribution is -2.18. The van der Waals surface area contributed by atoms with Gasteiger partial charge in [0, 0.05) is 21.9 Å². The van der Waals surface area contributed by atoms with Crippen LogP contribution in [0.1, 0.15) is 25.5 Å². The number of hydrogen-bond acceptors (Lipinski definition) is 2. The van der Waals surface area contributed by atoms with E-state index in [1.54, 1.807) is 0 Å². The average molecular weight is 354 g/mol. The van der Waals surface area contributed by atoms with E-state index in [0.29, 0.717) is 0 Å². The summed E-state index contributed by atoms with van der Waals surface area (Å²) in [6.45, 7) is 0.851. The van der Waals surface area contributed by atoms with Crippen molar-refractivity contribution in [2.45, 2.75) is 25.5 Å². The molecule has 1 atom stereocenters. The van der Waals surface area contributed by atoms with E-state index >= 15 is 0 Å². The highest BCUT2D eigenvalue weighted by molar-refractivity contribution is 14.1. The normalized spacial score (nSPS) is 19.9. The van der Waals surface area contributed by atoms with Gasteiger partial charge >= 0.3 is 0 Å². The highest BCUT2D eigenvalue weighted by atomic mass is 127. The Labute approximate surface area is 120 Å². The Morgan fingerprint density at radius 3 is 2.72 bits per heavy atom. The van der Waals surface area contributed by atoms with Gasteiger partial charge in [-0.2, -0.15) is 5.10 Å². The molecule has 0 amide bonds. The summed E-state index contributed by atoms with van der Waals surface area (Å²) in [4.78, 5) is 0. The van der Waals surface area contributed by atoms with Crippen LogP contribution < -0.4 is 0 Å². The largest absolute Gasteiger partial charge is 0.357 e. The monoisotopic (exact) mass is 354 g/mol. The molecule has 0 saturated carbocycles. The number of benzene rings is 1. The van der Waals surface area contributed by atoms with Gasteiger partial charge < -0.3 is 4.74 Å². The Morgan fingerprint density at radius 1 is 1.17 bits per heavy atom. The third-order valence-electron chi connectivity index (χ3n) is 3.23. The minimum Gasteiger partial charge on any atom is -0.357 e. The number of halogens is 1. The van der Waals surface area contributed by atoms with E-state index in [0.717, 1.165) is 18.6 Å². The Balaban J connectivity index is 1.82. The quantitative estimate of drug-likeness (QED) is 0.766. The van der Waals surface area contributed by atoms with Crippen molar-refractivity contribution in [3.05, 3.63) is 40.2 Å². The van der Waals surface area contributed by atoms with Crippen molar-refractivity contribution in [2.75, 3.05) is 6.61 Å². The minimum atomic E-state index is 0.122. The predicted molar refractivity (Wildman–Crippen MR) is 79.2 cm³/mol. The number of aromatic nitrogens is 2. The van der Waals surface area contributed by atoms with Crippen molar-refractivity contribution < 1.29 is 4.74 Å². The molecule has 0 N–H and O–H groups in total. The number of ether oxygens (including phenoxy) is 1. The van der Waals surface area contributed by atoms with E-state index in [-0.39, 0.29) is 6.23 Å². The molecule has 4 heteroatoms. The molecule has 1 aromatic carbocycles. The number of hydrogen-bond donors (Lipinski definition) is 0. The van der Waals surface area contributed by atoms with Crippen molar-refractivity contribution in [1.82, 2.24) is 9.78 Å². The van der Waals surface area contributed by atoms with Gasteiger partial charge in [-0.3, -0.25) is 0 Å². The second kappa shape index (κ2) is 5.40. The topological polar surface area (TPSA) is 27.1 Å². The van der Waals surface area contributed by atoms with E-state index in [2.05, 4.69) is 58.2 Å². The lowest BCUT2D eigenvalue weighted by Gasteiger charge is -2.22. The first kappa shape index (κ1) is 12.2. The summed E-state index contributed by atoms with van der Waals surface area (Å²) in [5.41, 5.74) is 2.36. The fourth-order valence-electron chi connectivity index (χ4n) is 2.22. The molecule has 0 bridgehead atoms. The van der Waals surface area contributed by atoms with Gasteiger partial charge in [-0.1, -0.05) is 12.1 Å². The third-order valence-corrected chi connectivity index (χ3v) is 3.95. The number of nitrogens with zero attached hydrogens (tertiary/aromatic N) is 2. The lowest BCUT2D eigenvalue weighted by atomic mass is 10.1. The molecular weight excluding hydrogens is 339 g/mol. The van der Waals surface area contributed by atoms with Gasteiger partial charge in [0.05, 0.1) is 6.20 Å². The van der Waals surface area contributed by atoms with E-state index in [1.165, 1.54) is 22.0 Å². The maximum atomic E-state index is 5.73. The van der Waals surface area contributed by atoms with Crippen LogP contribution in [0, 0.1) is 3.57 Å². The Morgan fingerprint density at radius 2 is 2.00 bits per heavy atom. The Hall–Kier alpha value is -0.880. The highest BCUT2D eigenvalue weighted by Crippen LogP contribution is 2.25. The summed E-state index contributed by atoms with van der Waals surface area (Å²) in [7, 11) is 0. The minimum absolute atomic E-state index is 0.122. The second-order valence-electron chi connectivity index (χ2n) is 4.54. The summed E-state index contributed by atoms with van der Waals surface area (Å²) < 4.78 is 8.93. The van der Waals surface area contributed by atoms with E-state index < -0.39 is 0 Å². The van der Waals surface area contributed by atoms with Crippen LogP contribution in [-0.4, -0.2) is 16.4 Å². The average Bonchev–Trinajstić information content (AvgIpc) is 2.90. The third kappa shape index (κ3) is 2.59. The molecule has 2 heterocycles. The van der Waals surface area contributed by atoms with Gasteiger partial charge in [-0.25, -0.2) is 4.68 Å². The molecule has 0 radical (unpaired) electrons. The fraction of sp³-hybridized carbons (Fsp3) is 0.357. The molecule has 1 unspecified atom stereocenters. The van der Waals surface area contributed by atoms with Gasteiger partial charge in [-0.05, 0) is 59.5 Å².